The summed E-state index contributed by atoms with van der Waals surface area (Å²) in [5.74, 6) is -1.25. The van der Waals surface area contributed by atoms with Crippen molar-refractivity contribution in [3.63, 3.8) is 0 Å². The summed E-state index contributed by atoms with van der Waals surface area (Å²) in [6, 6.07) is 8.80. The molecule has 0 bridgehead atoms. The molecule has 3 N–H and O–H groups in total. The fourth-order valence-corrected chi connectivity index (χ4v) is 4.28. The van der Waals surface area contributed by atoms with Crippen LogP contribution in [0.4, 0.5) is 10.1 Å². The number of hydrogen-bond acceptors (Lipinski definition) is 6. The molecule has 126 valence electrons. The molecule has 2 aromatic heterocycles. The van der Waals surface area contributed by atoms with Gasteiger partial charge in [0.05, 0.1) is 25.9 Å². The maximum Gasteiger partial charge on any atom is 0.252 e. The van der Waals surface area contributed by atoms with E-state index in [1.54, 1.807) is 6.07 Å². The van der Waals surface area contributed by atoms with Gasteiger partial charge in [0.15, 0.2) is 0 Å². The number of nitriles is 1. The molecule has 0 aliphatic rings. The first-order valence-corrected chi connectivity index (χ1v) is 8.76. The Hall–Kier alpha value is -2.83. The predicted octanol–water partition coefficient (Wildman–Crippen LogP) is 3.04. The second-order valence-electron chi connectivity index (χ2n) is 4.92. The van der Waals surface area contributed by atoms with E-state index in [0.29, 0.717) is 8.91 Å². The second-order valence-corrected chi connectivity index (χ2v) is 7.18. The molecule has 3 rings (SSSR count). The van der Waals surface area contributed by atoms with E-state index in [9.17, 15) is 24.3 Å². The Labute approximate surface area is 148 Å². The number of carbonyl (C=O) groups is 1. The fourth-order valence-electron chi connectivity index (χ4n) is 2.14. The number of H-pyrrole nitrogens is 1. The normalized spacial score (nSPS) is 10.6. The Balaban J connectivity index is 1.81. The summed E-state index contributed by atoms with van der Waals surface area (Å²) in [4.78, 5) is 26.0. The number of nitrogens with one attached hydrogen (secondary N) is 2. The van der Waals surface area contributed by atoms with Crippen molar-refractivity contribution in [2.75, 3.05) is 11.1 Å². The van der Waals surface area contributed by atoms with E-state index in [-0.39, 0.29) is 28.3 Å². The van der Waals surface area contributed by atoms with Gasteiger partial charge in [0.1, 0.15) is 23.2 Å². The van der Waals surface area contributed by atoms with Crippen LogP contribution < -0.4 is 10.9 Å². The topological polar surface area (TPSA) is 106 Å². The van der Waals surface area contributed by atoms with Gasteiger partial charge in [-0.25, -0.2) is 4.39 Å². The van der Waals surface area contributed by atoms with E-state index >= 15 is 0 Å². The maximum atomic E-state index is 13.5. The summed E-state index contributed by atoms with van der Waals surface area (Å²) < 4.78 is 14.4. The molecular weight excluding hydrogens is 365 g/mol. The van der Waals surface area contributed by atoms with Crippen molar-refractivity contribution in [1.29, 1.82) is 5.26 Å². The van der Waals surface area contributed by atoms with Crippen molar-refractivity contribution < 1.29 is 14.3 Å². The number of nitrogens with zero attached hydrogens (tertiary/aromatic N) is 1. The number of thiophene rings is 1. The fraction of sp³-hybridized carbons (Fsp3) is 0.0625. The van der Waals surface area contributed by atoms with Crippen molar-refractivity contribution in [2.45, 2.75) is 4.21 Å². The third-order valence-electron chi connectivity index (χ3n) is 3.22. The number of rotatable bonds is 4. The molecule has 1 amide bonds. The van der Waals surface area contributed by atoms with E-state index in [1.165, 1.54) is 18.2 Å². The quantitative estimate of drug-likeness (QED) is 0.608. The van der Waals surface area contributed by atoms with E-state index in [2.05, 4.69) is 10.3 Å². The minimum Gasteiger partial charge on any atom is -0.506 e. The summed E-state index contributed by atoms with van der Waals surface area (Å²) in [6.45, 7) is 0. The van der Waals surface area contributed by atoms with E-state index < -0.39 is 17.3 Å². The number of para-hydroxylation sites is 1. The van der Waals surface area contributed by atoms with Crippen LogP contribution in [-0.4, -0.2) is 21.8 Å². The molecule has 0 saturated carbocycles. The largest absolute Gasteiger partial charge is 0.506 e. The third kappa shape index (κ3) is 3.50. The molecule has 0 aliphatic carbocycles. The van der Waals surface area contributed by atoms with Gasteiger partial charge < -0.3 is 15.4 Å². The lowest BCUT2D eigenvalue weighted by Gasteiger charge is -2.05. The smallest absolute Gasteiger partial charge is 0.252 e. The summed E-state index contributed by atoms with van der Waals surface area (Å²) in [5, 5.41) is 21.6. The average molecular weight is 375 g/mol. The number of pyridine rings is 1. The Morgan fingerprint density at radius 2 is 2.20 bits per heavy atom. The Morgan fingerprint density at radius 3 is 2.92 bits per heavy atom. The highest BCUT2D eigenvalue weighted by Gasteiger charge is 2.17. The third-order valence-corrected chi connectivity index (χ3v) is 5.70. The van der Waals surface area contributed by atoms with Crippen LogP contribution in [-0.2, 0) is 4.79 Å². The molecule has 6 nitrogen and oxygen atoms in total. The van der Waals surface area contributed by atoms with Crippen LogP contribution in [0.1, 0.15) is 5.56 Å². The molecule has 3 aromatic rings. The minimum atomic E-state index is -0.539. The molecule has 0 spiro atoms. The van der Waals surface area contributed by atoms with E-state index in [4.69, 9.17) is 0 Å². The molecule has 0 radical (unpaired) electrons. The standard InChI is InChI=1S/C16H10FN3O3S2/c17-9-3-1-2-4-10(9)19-13(23)7-24-16-8(6-18)14-15(25-16)11(21)5-12(22)20-14/h1-5H,7H2,(H,19,23)(H2,20,21,22). The SMILES string of the molecule is N#Cc1c(SCC(=O)Nc2ccccc2F)sc2c(O)cc(=O)[nH]c12. The monoisotopic (exact) mass is 375 g/mol. The van der Waals surface area contributed by atoms with Crippen molar-refractivity contribution in [1.82, 2.24) is 4.98 Å². The highest BCUT2D eigenvalue weighted by molar-refractivity contribution is 8.02. The summed E-state index contributed by atoms with van der Waals surface area (Å²) in [5.41, 5.74) is -0.00808. The molecule has 0 unspecified atom stereocenters. The number of thioether (sulfide) groups is 1. The zero-order valence-electron chi connectivity index (χ0n) is 12.5. The number of carbonyl (C=O) groups excluding carboxylic acids is 1. The van der Waals surface area contributed by atoms with Crippen molar-refractivity contribution in [3.8, 4) is 11.8 Å². The van der Waals surface area contributed by atoms with Gasteiger partial charge in [-0.3, -0.25) is 9.59 Å². The van der Waals surface area contributed by atoms with Gasteiger partial charge in [-0.2, -0.15) is 5.26 Å². The summed E-state index contributed by atoms with van der Waals surface area (Å²) >= 11 is 2.18. The van der Waals surface area contributed by atoms with Crippen LogP contribution in [0.3, 0.4) is 0 Å². The van der Waals surface area contributed by atoms with Crippen LogP contribution in [0.2, 0.25) is 0 Å². The van der Waals surface area contributed by atoms with Crippen molar-refractivity contribution >= 4 is 44.9 Å². The van der Waals surface area contributed by atoms with Crippen molar-refractivity contribution in [3.05, 3.63) is 52.1 Å². The van der Waals surface area contributed by atoms with E-state index in [1.807, 2.05) is 6.07 Å². The predicted molar refractivity (Wildman–Crippen MR) is 94.6 cm³/mol. The summed E-state index contributed by atoms with van der Waals surface area (Å²) in [7, 11) is 0. The molecule has 0 aliphatic heterocycles. The molecule has 0 atom stereocenters. The first-order chi connectivity index (χ1) is 12.0. The van der Waals surface area contributed by atoms with Crippen LogP contribution >= 0.6 is 23.1 Å². The van der Waals surface area contributed by atoms with Gasteiger partial charge in [-0.15, -0.1) is 23.1 Å². The number of anilines is 1. The Kier molecular flexibility index (Phi) is 4.74. The number of aromatic amines is 1. The van der Waals surface area contributed by atoms with Gasteiger partial charge in [0, 0.05) is 6.07 Å². The zero-order valence-corrected chi connectivity index (χ0v) is 14.1. The zero-order chi connectivity index (χ0) is 18.0. The van der Waals surface area contributed by atoms with Gasteiger partial charge in [-0.1, -0.05) is 12.1 Å². The molecular formula is C16H10FN3O3S2. The Bertz CT molecular complexity index is 1070. The molecule has 1 aromatic carbocycles. The van der Waals surface area contributed by atoms with Crippen LogP contribution in [0.5, 0.6) is 5.75 Å². The molecule has 0 fully saturated rings. The number of halogens is 1. The summed E-state index contributed by atoms with van der Waals surface area (Å²) in [6.07, 6.45) is 0. The molecule has 9 heteroatoms. The van der Waals surface area contributed by atoms with E-state index in [0.717, 1.165) is 29.2 Å². The van der Waals surface area contributed by atoms with Crippen LogP contribution in [0, 0.1) is 17.1 Å². The first kappa shape index (κ1) is 17.0. The first-order valence-electron chi connectivity index (χ1n) is 6.95. The lowest BCUT2D eigenvalue weighted by Crippen LogP contribution is -2.14. The number of fused-ring (bicyclic) bond motifs is 1. The number of amides is 1. The molecule has 25 heavy (non-hydrogen) atoms. The lowest BCUT2D eigenvalue weighted by molar-refractivity contribution is -0.113. The van der Waals surface area contributed by atoms with Crippen LogP contribution in [0.25, 0.3) is 10.2 Å². The van der Waals surface area contributed by atoms with Crippen molar-refractivity contribution in [2.24, 2.45) is 0 Å². The average Bonchev–Trinajstić information content (AvgIpc) is 2.93. The highest BCUT2D eigenvalue weighted by Crippen LogP contribution is 2.39. The maximum absolute atomic E-state index is 13.5. The van der Waals surface area contributed by atoms with Crippen LogP contribution in [0.15, 0.2) is 39.3 Å². The van der Waals surface area contributed by atoms with Gasteiger partial charge in [-0.05, 0) is 12.1 Å². The highest BCUT2D eigenvalue weighted by atomic mass is 32.2. The number of hydrogen-bond donors (Lipinski definition) is 3. The number of aromatic nitrogens is 1. The Morgan fingerprint density at radius 1 is 1.44 bits per heavy atom. The molecule has 2 heterocycles. The van der Waals surface area contributed by atoms with Gasteiger partial charge in [0.25, 0.3) is 5.56 Å². The van der Waals surface area contributed by atoms with Gasteiger partial charge in [0.2, 0.25) is 5.91 Å². The van der Waals surface area contributed by atoms with Gasteiger partial charge >= 0.3 is 0 Å². The minimum absolute atomic E-state index is 0.0547. The lowest BCUT2D eigenvalue weighted by atomic mass is 10.3. The number of aromatic hydroxyl groups is 1. The molecule has 0 saturated heterocycles. The second kappa shape index (κ2) is 6.96. The number of benzene rings is 1.